The van der Waals surface area contributed by atoms with Crippen LogP contribution in [0, 0.1) is 5.82 Å². The average Bonchev–Trinajstić information content (AvgIpc) is 3.08. The molecule has 4 rings (SSSR count). The van der Waals surface area contributed by atoms with E-state index in [1.54, 1.807) is 19.1 Å². The molecule has 0 saturated heterocycles. The molecule has 0 aliphatic rings. The van der Waals surface area contributed by atoms with Crippen molar-refractivity contribution in [3.63, 3.8) is 0 Å². The Kier molecular flexibility index (Phi) is 5.18. The molecule has 0 bridgehead atoms. The molecule has 0 unspecified atom stereocenters. The number of fused-ring (bicyclic) bond motifs is 1. The Morgan fingerprint density at radius 2 is 1.79 bits per heavy atom. The minimum absolute atomic E-state index is 0.170. The van der Waals surface area contributed by atoms with Gasteiger partial charge in [0.15, 0.2) is 5.82 Å². The van der Waals surface area contributed by atoms with E-state index in [0.717, 1.165) is 16.5 Å². The molecule has 1 atom stereocenters. The highest BCUT2D eigenvalue weighted by atomic mass is 32.2. The zero-order valence-corrected chi connectivity index (χ0v) is 16.4. The Bertz CT molecular complexity index is 1180. The molecular weight excluding hydrogens is 389 g/mol. The monoisotopic (exact) mass is 407 g/mol. The number of carbonyl (C=O) groups excluding carboxylic acids is 1. The van der Waals surface area contributed by atoms with Crippen LogP contribution in [0.1, 0.15) is 6.92 Å². The van der Waals surface area contributed by atoms with E-state index in [-0.39, 0.29) is 11.7 Å². The van der Waals surface area contributed by atoms with E-state index in [4.69, 9.17) is 5.84 Å². The molecule has 4 aromatic rings. The number of rotatable bonds is 5. The zero-order valence-electron chi connectivity index (χ0n) is 15.5. The van der Waals surface area contributed by atoms with Gasteiger partial charge in [-0.3, -0.25) is 4.79 Å². The molecule has 0 aliphatic carbocycles. The third-order valence-corrected chi connectivity index (χ3v) is 5.49. The Labute approximate surface area is 170 Å². The highest BCUT2D eigenvalue weighted by Gasteiger charge is 2.20. The fourth-order valence-electron chi connectivity index (χ4n) is 2.88. The number of nitrogens with one attached hydrogen (secondary N) is 1. The van der Waals surface area contributed by atoms with E-state index in [9.17, 15) is 9.18 Å². The van der Waals surface area contributed by atoms with Crippen LogP contribution < -0.4 is 11.2 Å². The topological polar surface area (TPSA) is 85.8 Å². The summed E-state index contributed by atoms with van der Waals surface area (Å²) in [7, 11) is 0. The second-order valence-corrected chi connectivity index (χ2v) is 7.80. The zero-order chi connectivity index (χ0) is 20.4. The summed E-state index contributed by atoms with van der Waals surface area (Å²) < 4.78 is 14.4. The normalized spacial score (nSPS) is 12.1. The highest BCUT2D eigenvalue weighted by Crippen LogP contribution is 2.26. The van der Waals surface area contributed by atoms with E-state index in [1.165, 1.54) is 28.6 Å². The van der Waals surface area contributed by atoms with Gasteiger partial charge in [-0.15, -0.1) is 10.2 Å². The number of halogens is 1. The Hall–Kier alpha value is -3.39. The molecule has 29 heavy (non-hydrogen) atoms. The van der Waals surface area contributed by atoms with Crippen molar-refractivity contribution in [1.82, 2.24) is 14.9 Å². The summed E-state index contributed by atoms with van der Waals surface area (Å²) in [5.74, 6) is 5.97. The van der Waals surface area contributed by atoms with Gasteiger partial charge in [-0.1, -0.05) is 42.1 Å². The lowest BCUT2D eigenvalue weighted by Gasteiger charge is -2.12. The van der Waals surface area contributed by atoms with Gasteiger partial charge in [0.2, 0.25) is 11.1 Å². The van der Waals surface area contributed by atoms with Gasteiger partial charge in [-0.2, -0.15) is 0 Å². The van der Waals surface area contributed by atoms with Crippen LogP contribution in [-0.2, 0) is 4.79 Å². The molecule has 1 heterocycles. The van der Waals surface area contributed by atoms with Gasteiger partial charge in [0.1, 0.15) is 5.82 Å². The van der Waals surface area contributed by atoms with Gasteiger partial charge in [0.25, 0.3) is 0 Å². The fourth-order valence-corrected chi connectivity index (χ4v) is 3.65. The molecule has 1 amide bonds. The lowest BCUT2D eigenvalue weighted by atomic mass is 10.1. The van der Waals surface area contributed by atoms with Gasteiger partial charge in [-0.05, 0) is 54.1 Å². The molecule has 0 saturated carbocycles. The molecule has 0 radical (unpaired) electrons. The number of benzene rings is 3. The van der Waals surface area contributed by atoms with Crippen molar-refractivity contribution in [1.29, 1.82) is 0 Å². The average molecular weight is 407 g/mol. The summed E-state index contributed by atoms with van der Waals surface area (Å²) in [6.45, 7) is 1.77. The van der Waals surface area contributed by atoms with Crippen LogP contribution in [0.5, 0.6) is 0 Å². The van der Waals surface area contributed by atoms with E-state index in [2.05, 4.69) is 15.5 Å². The first kappa shape index (κ1) is 18.9. The number of hydrogen-bond acceptors (Lipinski definition) is 5. The minimum atomic E-state index is -0.450. The maximum atomic E-state index is 13.1. The first-order valence-electron chi connectivity index (χ1n) is 8.94. The predicted molar refractivity (Wildman–Crippen MR) is 113 cm³/mol. The van der Waals surface area contributed by atoms with Crippen molar-refractivity contribution in [2.75, 3.05) is 11.2 Å². The predicted octanol–water partition coefficient (Wildman–Crippen LogP) is 4.07. The number of nitrogens with two attached hydrogens (primary N) is 1. The number of nitrogen functional groups attached to an aromatic ring is 1. The number of amides is 1. The van der Waals surface area contributed by atoms with Gasteiger partial charge in [-0.25, -0.2) is 9.07 Å². The second-order valence-electron chi connectivity index (χ2n) is 6.49. The third-order valence-electron chi connectivity index (χ3n) is 4.44. The quantitative estimate of drug-likeness (QED) is 0.385. The van der Waals surface area contributed by atoms with Crippen molar-refractivity contribution in [2.24, 2.45) is 0 Å². The molecule has 6 nitrogen and oxygen atoms in total. The summed E-state index contributed by atoms with van der Waals surface area (Å²) in [6.07, 6.45) is 0. The minimum Gasteiger partial charge on any atom is -0.335 e. The summed E-state index contributed by atoms with van der Waals surface area (Å²) >= 11 is 1.20. The van der Waals surface area contributed by atoms with Crippen molar-refractivity contribution < 1.29 is 9.18 Å². The molecule has 3 aromatic carbocycles. The van der Waals surface area contributed by atoms with E-state index in [1.807, 2.05) is 42.5 Å². The lowest BCUT2D eigenvalue weighted by Crippen LogP contribution is -2.23. The number of hydrogen-bond donors (Lipinski definition) is 2. The molecule has 3 N–H and O–H groups in total. The second kappa shape index (κ2) is 7.92. The van der Waals surface area contributed by atoms with E-state index in [0.29, 0.717) is 16.5 Å². The fraction of sp³-hybridized carbons (Fsp3) is 0.0952. The maximum absolute atomic E-state index is 13.1. The summed E-state index contributed by atoms with van der Waals surface area (Å²) in [4.78, 5) is 12.6. The van der Waals surface area contributed by atoms with Crippen LogP contribution in [0.3, 0.4) is 0 Å². The summed E-state index contributed by atoms with van der Waals surface area (Å²) in [6, 6.07) is 19.5. The van der Waals surface area contributed by atoms with Crippen LogP contribution >= 0.6 is 11.8 Å². The Balaban J connectivity index is 1.46. The largest absolute Gasteiger partial charge is 0.335 e. The molecule has 0 spiro atoms. The van der Waals surface area contributed by atoms with Crippen LogP contribution in [0.4, 0.5) is 10.1 Å². The number of anilines is 1. The molecule has 0 aliphatic heterocycles. The molecule has 146 valence electrons. The van der Waals surface area contributed by atoms with Gasteiger partial charge < -0.3 is 11.2 Å². The van der Waals surface area contributed by atoms with Crippen LogP contribution in [0.15, 0.2) is 71.9 Å². The lowest BCUT2D eigenvalue weighted by molar-refractivity contribution is -0.115. The number of aromatic nitrogens is 3. The van der Waals surface area contributed by atoms with Gasteiger partial charge in [0, 0.05) is 11.3 Å². The first-order chi connectivity index (χ1) is 14.0. The first-order valence-corrected chi connectivity index (χ1v) is 9.82. The molecule has 8 heteroatoms. The smallest absolute Gasteiger partial charge is 0.237 e. The van der Waals surface area contributed by atoms with Gasteiger partial charge >= 0.3 is 0 Å². The van der Waals surface area contributed by atoms with Crippen molar-refractivity contribution in [3.05, 3.63) is 72.5 Å². The van der Waals surface area contributed by atoms with E-state index >= 15 is 0 Å². The number of carbonyl (C=O) groups is 1. The SMILES string of the molecule is C[C@@H](Sc1nnc(-c2ccc(F)cc2)n1N)C(=O)Nc1ccc2ccccc2c1. The summed E-state index contributed by atoms with van der Waals surface area (Å²) in [5, 5.41) is 13.1. The molecule has 0 fully saturated rings. The Morgan fingerprint density at radius 1 is 1.07 bits per heavy atom. The van der Waals surface area contributed by atoms with Crippen LogP contribution in [-0.4, -0.2) is 26.0 Å². The molecule has 1 aromatic heterocycles. The number of nitrogens with zero attached hydrogens (tertiary/aromatic N) is 3. The van der Waals surface area contributed by atoms with Crippen molar-refractivity contribution in [3.8, 4) is 11.4 Å². The van der Waals surface area contributed by atoms with Gasteiger partial charge in [0.05, 0.1) is 5.25 Å². The summed E-state index contributed by atoms with van der Waals surface area (Å²) in [5.41, 5.74) is 1.36. The Morgan fingerprint density at radius 3 is 2.55 bits per heavy atom. The van der Waals surface area contributed by atoms with Crippen molar-refractivity contribution in [2.45, 2.75) is 17.3 Å². The van der Waals surface area contributed by atoms with Crippen LogP contribution in [0.25, 0.3) is 22.2 Å². The van der Waals surface area contributed by atoms with E-state index < -0.39 is 5.25 Å². The maximum Gasteiger partial charge on any atom is 0.237 e. The highest BCUT2D eigenvalue weighted by molar-refractivity contribution is 8.00. The third kappa shape index (κ3) is 4.07. The van der Waals surface area contributed by atoms with Crippen LogP contribution in [0.2, 0.25) is 0 Å². The van der Waals surface area contributed by atoms with Crippen molar-refractivity contribution >= 4 is 34.1 Å². The number of thioether (sulfide) groups is 1. The standard InChI is InChI=1S/C21H18FN5OS/c1-13(20(28)24-18-11-8-14-4-2-3-5-16(14)12-18)29-21-26-25-19(27(21)23)15-6-9-17(22)10-7-15/h2-13H,23H2,1H3,(H,24,28)/t13-/m1/s1. The molecular formula is C21H18FN5OS.